The largest absolute Gasteiger partial charge is 0.383 e. The van der Waals surface area contributed by atoms with Crippen LogP contribution in [0.15, 0.2) is 6.07 Å². The Morgan fingerprint density at radius 1 is 1.39 bits per heavy atom. The first kappa shape index (κ1) is 14.7. The third-order valence-electron chi connectivity index (χ3n) is 2.63. The van der Waals surface area contributed by atoms with Crippen molar-refractivity contribution in [2.24, 2.45) is 0 Å². The van der Waals surface area contributed by atoms with E-state index < -0.39 is 0 Å². The van der Waals surface area contributed by atoms with Crippen LogP contribution in [0, 0.1) is 0 Å². The molecular formula is C13H24N4O. The van der Waals surface area contributed by atoms with Crippen LogP contribution in [-0.2, 0) is 4.74 Å². The molecule has 0 atom stereocenters. The second-order valence-corrected chi connectivity index (χ2v) is 4.57. The monoisotopic (exact) mass is 252 g/mol. The average Bonchev–Trinajstić information content (AvgIpc) is 2.35. The van der Waals surface area contributed by atoms with Gasteiger partial charge >= 0.3 is 0 Å². The summed E-state index contributed by atoms with van der Waals surface area (Å²) in [6.45, 7) is 8.62. The van der Waals surface area contributed by atoms with Gasteiger partial charge in [-0.25, -0.2) is 9.97 Å². The Bertz CT molecular complexity index is 368. The van der Waals surface area contributed by atoms with Gasteiger partial charge in [0.25, 0.3) is 0 Å². The van der Waals surface area contributed by atoms with Crippen LogP contribution in [0.4, 0.5) is 11.6 Å². The van der Waals surface area contributed by atoms with Gasteiger partial charge in [-0.3, -0.25) is 0 Å². The maximum absolute atomic E-state index is 5.09. The summed E-state index contributed by atoms with van der Waals surface area (Å²) in [7, 11) is 3.72. The fraction of sp³-hybridized carbons (Fsp3) is 0.692. The van der Waals surface area contributed by atoms with Gasteiger partial charge in [0, 0.05) is 39.2 Å². The molecule has 0 aromatic carbocycles. The molecule has 0 unspecified atom stereocenters. The van der Waals surface area contributed by atoms with Gasteiger partial charge in [-0.05, 0) is 6.92 Å². The molecule has 1 rings (SSSR count). The molecule has 0 aliphatic carbocycles. The standard InChI is InChI=1S/C13H24N4O/c1-6-14-11-9-12(17(4)7-8-18-5)16-13(15-11)10(2)3/h9-10H,6-8H2,1-5H3,(H,14,15,16). The molecule has 0 amide bonds. The van der Waals surface area contributed by atoms with Crippen molar-refractivity contribution in [3.8, 4) is 0 Å². The first-order valence-corrected chi connectivity index (χ1v) is 6.41. The van der Waals surface area contributed by atoms with Gasteiger partial charge in [-0.2, -0.15) is 0 Å². The zero-order valence-corrected chi connectivity index (χ0v) is 12.0. The Kier molecular flexibility index (Phi) is 5.85. The van der Waals surface area contributed by atoms with Crippen molar-refractivity contribution in [2.45, 2.75) is 26.7 Å². The van der Waals surface area contributed by atoms with Crippen molar-refractivity contribution in [2.75, 3.05) is 44.1 Å². The van der Waals surface area contributed by atoms with Gasteiger partial charge in [0.05, 0.1) is 6.61 Å². The fourth-order valence-corrected chi connectivity index (χ4v) is 1.52. The summed E-state index contributed by atoms with van der Waals surface area (Å²) in [5.74, 6) is 3.00. The molecule has 1 aromatic rings. The molecule has 1 heterocycles. The summed E-state index contributed by atoms with van der Waals surface area (Å²) in [6.07, 6.45) is 0. The van der Waals surface area contributed by atoms with Gasteiger partial charge in [0.2, 0.25) is 0 Å². The van der Waals surface area contributed by atoms with Gasteiger partial charge in [0.1, 0.15) is 17.5 Å². The van der Waals surface area contributed by atoms with E-state index in [-0.39, 0.29) is 0 Å². The molecule has 0 aliphatic heterocycles. The van der Waals surface area contributed by atoms with E-state index in [4.69, 9.17) is 4.74 Å². The molecule has 102 valence electrons. The SMILES string of the molecule is CCNc1cc(N(C)CCOC)nc(C(C)C)n1. The number of nitrogens with zero attached hydrogens (tertiary/aromatic N) is 3. The van der Waals surface area contributed by atoms with E-state index in [1.807, 2.05) is 13.1 Å². The summed E-state index contributed by atoms with van der Waals surface area (Å²) in [6, 6.07) is 1.98. The summed E-state index contributed by atoms with van der Waals surface area (Å²) in [5.41, 5.74) is 0. The topological polar surface area (TPSA) is 50.3 Å². The Labute approximate surface area is 110 Å². The number of rotatable bonds is 7. The number of likely N-dealkylation sites (N-methyl/N-ethyl adjacent to an activating group) is 1. The quantitative estimate of drug-likeness (QED) is 0.805. The van der Waals surface area contributed by atoms with Crippen LogP contribution in [0.25, 0.3) is 0 Å². The van der Waals surface area contributed by atoms with Crippen molar-refractivity contribution >= 4 is 11.6 Å². The minimum Gasteiger partial charge on any atom is -0.383 e. The van der Waals surface area contributed by atoms with Crippen LogP contribution in [-0.4, -0.2) is 43.8 Å². The first-order chi connectivity index (χ1) is 8.58. The van der Waals surface area contributed by atoms with Crippen LogP contribution < -0.4 is 10.2 Å². The predicted molar refractivity (Wildman–Crippen MR) is 75.4 cm³/mol. The third-order valence-corrected chi connectivity index (χ3v) is 2.63. The van der Waals surface area contributed by atoms with E-state index in [1.54, 1.807) is 7.11 Å². The number of anilines is 2. The van der Waals surface area contributed by atoms with Gasteiger partial charge < -0.3 is 15.0 Å². The molecule has 5 heteroatoms. The summed E-state index contributed by atoms with van der Waals surface area (Å²) in [5, 5.41) is 3.25. The third kappa shape index (κ3) is 4.14. The van der Waals surface area contributed by atoms with E-state index in [1.165, 1.54) is 0 Å². The number of ether oxygens (including phenoxy) is 1. The zero-order valence-electron chi connectivity index (χ0n) is 12.0. The van der Waals surface area contributed by atoms with E-state index in [2.05, 4.69) is 41.0 Å². The highest BCUT2D eigenvalue weighted by atomic mass is 16.5. The average molecular weight is 252 g/mol. The molecule has 0 fully saturated rings. The molecule has 5 nitrogen and oxygen atoms in total. The van der Waals surface area contributed by atoms with E-state index in [0.29, 0.717) is 12.5 Å². The normalized spacial score (nSPS) is 10.8. The summed E-state index contributed by atoms with van der Waals surface area (Å²) in [4.78, 5) is 11.2. The lowest BCUT2D eigenvalue weighted by molar-refractivity contribution is 0.206. The molecule has 0 aliphatic rings. The molecular weight excluding hydrogens is 228 g/mol. The highest BCUT2D eigenvalue weighted by molar-refractivity contribution is 5.49. The molecule has 18 heavy (non-hydrogen) atoms. The summed E-state index contributed by atoms with van der Waals surface area (Å²) >= 11 is 0. The Morgan fingerprint density at radius 3 is 2.67 bits per heavy atom. The zero-order chi connectivity index (χ0) is 13.5. The Balaban J connectivity index is 2.94. The molecule has 1 N–H and O–H groups in total. The van der Waals surface area contributed by atoms with E-state index in [9.17, 15) is 0 Å². The van der Waals surface area contributed by atoms with E-state index in [0.717, 1.165) is 30.5 Å². The maximum atomic E-state index is 5.09. The molecule has 0 radical (unpaired) electrons. The number of aromatic nitrogens is 2. The molecule has 0 saturated heterocycles. The van der Waals surface area contributed by atoms with E-state index >= 15 is 0 Å². The molecule has 1 aromatic heterocycles. The minimum atomic E-state index is 0.318. The number of hydrogen-bond donors (Lipinski definition) is 1. The lowest BCUT2D eigenvalue weighted by atomic mass is 10.2. The highest BCUT2D eigenvalue weighted by Gasteiger charge is 2.10. The lowest BCUT2D eigenvalue weighted by Gasteiger charge is -2.20. The van der Waals surface area contributed by atoms with Crippen LogP contribution in [0.1, 0.15) is 32.5 Å². The molecule has 0 saturated carbocycles. The number of methoxy groups -OCH3 is 1. The first-order valence-electron chi connectivity index (χ1n) is 6.41. The predicted octanol–water partition coefficient (Wildman–Crippen LogP) is 2.11. The van der Waals surface area contributed by atoms with Crippen molar-refractivity contribution in [3.63, 3.8) is 0 Å². The van der Waals surface area contributed by atoms with Crippen molar-refractivity contribution in [1.29, 1.82) is 0 Å². The highest BCUT2D eigenvalue weighted by Crippen LogP contribution is 2.19. The Morgan fingerprint density at radius 2 is 2.11 bits per heavy atom. The molecule has 0 bridgehead atoms. The molecule has 0 spiro atoms. The second-order valence-electron chi connectivity index (χ2n) is 4.57. The van der Waals surface area contributed by atoms with Gasteiger partial charge in [0.15, 0.2) is 0 Å². The lowest BCUT2D eigenvalue weighted by Crippen LogP contribution is -2.24. The smallest absolute Gasteiger partial charge is 0.135 e. The Hall–Kier alpha value is -1.36. The number of hydrogen-bond acceptors (Lipinski definition) is 5. The number of nitrogens with one attached hydrogen (secondary N) is 1. The van der Waals surface area contributed by atoms with Crippen molar-refractivity contribution < 1.29 is 4.74 Å². The van der Waals surface area contributed by atoms with Crippen molar-refractivity contribution in [1.82, 2.24) is 9.97 Å². The van der Waals surface area contributed by atoms with Crippen LogP contribution in [0.3, 0.4) is 0 Å². The van der Waals surface area contributed by atoms with Gasteiger partial charge in [-0.15, -0.1) is 0 Å². The van der Waals surface area contributed by atoms with Crippen LogP contribution in [0.5, 0.6) is 0 Å². The maximum Gasteiger partial charge on any atom is 0.135 e. The summed E-state index contributed by atoms with van der Waals surface area (Å²) < 4.78 is 5.09. The second kappa shape index (κ2) is 7.16. The van der Waals surface area contributed by atoms with Crippen LogP contribution >= 0.6 is 0 Å². The fourth-order valence-electron chi connectivity index (χ4n) is 1.52. The van der Waals surface area contributed by atoms with Crippen molar-refractivity contribution in [3.05, 3.63) is 11.9 Å². The van der Waals surface area contributed by atoms with Gasteiger partial charge in [-0.1, -0.05) is 13.8 Å². The van der Waals surface area contributed by atoms with Crippen LogP contribution in [0.2, 0.25) is 0 Å². The minimum absolute atomic E-state index is 0.318.